The van der Waals surface area contributed by atoms with Gasteiger partial charge in [0.15, 0.2) is 0 Å². The van der Waals surface area contributed by atoms with Crippen LogP contribution in [0.15, 0.2) is 29.2 Å². The minimum atomic E-state index is -3.79. The summed E-state index contributed by atoms with van der Waals surface area (Å²) in [5, 5.41) is 22.9. The van der Waals surface area contributed by atoms with Crippen LogP contribution < -0.4 is 10.0 Å². The molecule has 1 saturated heterocycles. The molecule has 19 heavy (non-hydrogen) atoms. The van der Waals surface area contributed by atoms with Gasteiger partial charge in [0, 0.05) is 25.2 Å². The number of hydrogen-bond donors (Lipinski definition) is 3. The van der Waals surface area contributed by atoms with Crippen LogP contribution in [0.4, 0.5) is 5.69 Å². The lowest BCUT2D eigenvalue weighted by Gasteiger charge is -2.15. The molecule has 0 saturated carbocycles. The SMILES string of the molecule is O=[N+]([O-])c1ccc(S(=O)(=O)N[C@@H]2CNC[C@H]2O)cc1. The summed E-state index contributed by atoms with van der Waals surface area (Å²) < 4.78 is 26.3. The summed E-state index contributed by atoms with van der Waals surface area (Å²) in [7, 11) is -3.79. The number of aliphatic hydroxyl groups is 1. The van der Waals surface area contributed by atoms with Crippen LogP contribution in [-0.2, 0) is 10.0 Å². The molecule has 0 amide bonds. The van der Waals surface area contributed by atoms with E-state index in [4.69, 9.17) is 0 Å². The molecule has 1 aliphatic rings. The van der Waals surface area contributed by atoms with Crippen molar-refractivity contribution in [2.24, 2.45) is 0 Å². The van der Waals surface area contributed by atoms with Gasteiger partial charge in [-0.3, -0.25) is 10.1 Å². The first-order chi connectivity index (χ1) is 8.90. The lowest BCUT2D eigenvalue weighted by atomic mass is 10.2. The number of nitro groups is 1. The Balaban J connectivity index is 2.17. The lowest BCUT2D eigenvalue weighted by molar-refractivity contribution is -0.384. The number of nitro benzene ring substituents is 1. The zero-order valence-electron chi connectivity index (χ0n) is 9.81. The molecule has 1 heterocycles. The summed E-state index contributed by atoms with van der Waals surface area (Å²) in [6.45, 7) is 0.667. The van der Waals surface area contributed by atoms with Crippen LogP contribution in [0.2, 0.25) is 0 Å². The van der Waals surface area contributed by atoms with Gasteiger partial charge in [0.1, 0.15) is 0 Å². The summed E-state index contributed by atoms with van der Waals surface area (Å²) in [5.74, 6) is 0. The molecule has 1 fully saturated rings. The van der Waals surface area contributed by atoms with E-state index in [9.17, 15) is 23.6 Å². The van der Waals surface area contributed by atoms with Gasteiger partial charge in [-0.2, -0.15) is 0 Å². The first-order valence-corrected chi connectivity index (χ1v) is 7.04. The highest BCUT2D eigenvalue weighted by atomic mass is 32.2. The quantitative estimate of drug-likeness (QED) is 0.492. The second-order valence-electron chi connectivity index (χ2n) is 4.20. The normalized spacial score (nSPS) is 23.4. The van der Waals surface area contributed by atoms with Gasteiger partial charge in [-0.15, -0.1) is 0 Å². The van der Waals surface area contributed by atoms with Gasteiger partial charge in [-0.1, -0.05) is 0 Å². The third-order valence-corrected chi connectivity index (χ3v) is 4.35. The second-order valence-corrected chi connectivity index (χ2v) is 5.92. The smallest absolute Gasteiger partial charge is 0.269 e. The van der Waals surface area contributed by atoms with Crippen molar-refractivity contribution < 1.29 is 18.4 Å². The predicted molar refractivity (Wildman–Crippen MR) is 66.1 cm³/mol. The van der Waals surface area contributed by atoms with Crippen LogP contribution in [0.25, 0.3) is 0 Å². The highest BCUT2D eigenvalue weighted by Gasteiger charge is 2.29. The van der Waals surface area contributed by atoms with E-state index in [-0.39, 0.29) is 10.6 Å². The molecule has 0 radical (unpaired) electrons. The number of β-amino-alcohol motifs (C(OH)–C–C–N with tert-alkyl or cyclic N) is 1. The molecule has 3 N–H and O–H groups in total. The van der Waals surface area contributed by atoms with Crippen LogP contribution in [0.5, 0.6) is 0 Å². The van der Waals surface area contributed by atoms with Crippen LogP contribution in [0, 0.1) is 10.1 Å². The van der Waals surface area contributed by atoms with Crippen LogP contribution in [0.3, 0.4) is 0 Å². The third kappa shape index (κ3) is 3.07. The molecular formula is C10H13N3O5S. The Morgan fingerprint density at radius 3 is 2.42 bits per heavy atom. The highest BCUT2D eigenvalue weighted by Crippen LogP contribution is 2.16. The van der Waals surface area contributed by atoms with Crippen LogP contribution >= 0.6 is 0 Å². The van der Waals surface area contributed by atoms with E-state index < -0.39 is 27.1 Å². The number of hydrogen-bond acceptors (Lipinski definition) is 6. The molecule has 2 atom stereocenters. The number of aliphatic hydroxyl groups excluding tert-OH is 1. The van der Waals surface area contributed by atoms with E-state index in [1.165, 1.54) is 0 Å². The molecule has 104 valence electrons. The fourth-order valence-electron chi connectivity index (χ4n) is 1.80. The van der Waals surface area contributed by atoms with Crippen LogP contribution in [-0.4, -0.2) is 43.7 Å². The van der Waals surface area contributed by atoms with Crippen molar-refractivity contribution in [3.63, 3.8) is 0 Å². The maximum Gasteiger partial charge on any atom is 0.269 e. The fraction of sp³-hybridized carbons (Fsp3) is 0.400. The van der Waals surface area contributed by atoms with Gasteiger partial charge in [-0.25, -0.2) is 13.1 Å². The van der Waals surface area contributed by atoms with E-state index in [1.807, 2.05) is 0 Å². The topological polar surface area (TPSA) is 122 Å². The monoisotopic (exact) mass is 287 g/mol. The van der Waals surface area contributed by atoms with Gasteiger partial charge in [-0.05, 0) is 12.1 Å². The maximum atomic E-state index is 12.0. The van der Waals surface area contributed by atoms with Gasteiger partial charge < -0.3 is 10.4 Å². The summed E-state index contributed by atoms with van der Waals surface area (Å²) in [6.07, 6.45) is -0.784. The van der Waals surface area contributed by atoms with E-state index in [0.29, 0.717) is 13.1 Å². The lowest BCUT2D eigenvalue weighted by Crippen LogP contribution is -2.42. The average Bonchev–Trinajstić information content (AvgIpc) is 2.74. The number of nitrogens with zero attached hydrogens (tertiary/aromatic N) is 1. The van der Waals surface area contributed by atoms with Crippen molar-refractivity contribution >= 4 is 15.7 Å². The van der Waals surface area contributed by atoms with Gasteiger partial charge in [0.2, 0.25) is 10.0 Å². The molecule has 0 aliphatic carbocycles. The number of rotatable bonds is 4. The highest BCUT2D eigenvalue weighted by molar-refractivity contribution is 7.89. The Hall–Kier alpha value is -1.55. The Morgan fingerprint density at radius 2 is 1.95 bits per heavy atom. The number of sulfonamides is 1. The van der Waals surface area contributed by atoms with Crippen molar-refractivity contribution in [2.75, 3.05) is 13.1 Å². The second kappa shape index (κ2) is 5.21. The van der Waals surface area contributed by atoms with Crippen LogP contribution in [0.1, 0.15) is 0 Å². The Kier molecular flexibility index (Phi) is 3.80. The Morgan fingerprint density at radius 1 is 1.32 bits per heavy atom. The molecule has 1 aromatic carbocycles. The van der Waals surface area contributed by atoms with E-state index >= 15 is 0 Å². The van der Waals surface area contributed by atoms with Crippen molar-refractivity contribution in [3.05, 3.63) is 34.4 Å². The molecule has 1 aromatic rings. The minimum Gasteiger partial charge on any atom is -0.390 e. The van der Waals surface area contributed by atoms with Crippen molar-refractivity contribution in [1.29, 1.82) is 0 Å². The molecule has 2 rings (SSSR count). The number of non-ortho nitro benzene ring substituents is 1. The molecule has 8 nitrogen and oxygen atoms in total. The first kappa shape index (κ1) is 13.9. The fourth-order valence-corrected chi connectivity index (χ4v) is 3.07. The van der Waals surface area contributed by atoms with E-state index in [0.717, 1.165) is 24.3 Å². The third-order valence-electron chi connectivity index (χ3n) is 2.85. The van der Waals surface area contributed by atoms with Crippen molar-refractivity contribution in [1.82, 2.24) is 10.0 Å². The Labute approximate surface area is 109 Å². The number of benzene rings is 1. The summed E-state index contributed by atoms with van der Waals surface area (Å²) in [5.41, 5.74) is -0.179. The molecule has 0 bridgehead atoms. The maximum absolute atomic E-state index is 12.0. The molecule has 0 spiro atoms. The molecule has 0 aromatic heterocycles. The predicted octanol–water partition coefficient (Wildman–Crippen LogP) is -0.794. The molecular weight excluding hydrogens is 274 g/mol. The van der Waals surface area contributed by atoms with Gasteiger partial charge >= 0.3 is 0 Å². The Bertz CT molecular complexity index is 571. The first-order valence-electron chi connectivity index (χ1n) is 5.56. The van der Waals surface area contributed by atoms with Crippen molar-refractivity contribution in [3.8, 4) is 0 Å². The average molecular weight is 287 g/mol. The number of nitrogens with one attached hydrogen (secondary N) is 2. The zero-order chi connectivity index (χ0) is 14.0. The largest absolute Gasteiger partial charge is 0.390 e. The van der Waals surface area contributed by atoms with Crippen molar-refractivity contribution in [2.45, 2.75) is 17.0 Å². The zero-order valence-corrected chi connectivity index (χ0v) is 10.6. The van der Waals surface area contributed by atoms with E-state index in [2.05, 4.69) is 10.0 Å². The summed E-state index contributed by atoms with van der Waals surface area (Å²) in [6, 6.07) is 3.97. The minimum absolute atomic E-state index is 0.0720. The summed E-state index contributed by atoms with van der Waals surface area (Å²) >= 11 is 0. The van der Waals surface area contributed by atoms with Gasteiger partial charge in [0.25, 0.3) is 5.69 Å². The summed E-state index contributed by atoms with van der Waals surface area (Å²) in [4.78, 5) is 9.81. The molecule has 1 aliphatic heterocycles. The molecule has 9 heteroatoms. The van der Waals surface area contributed by atoms with Gasteiger partial charge in [0.05, 0.1) is 22.0 Å². The van der Waals surface area contributed by atoms with E-state index in [1.54, 1.807) is 0 Å². The standard InChI is InChI=1S/C10H13N3O5S/c14-10-6-11-5-9(10)12-19(17,18)8-3-1-7(2-4-8)13(15)16/h1-4,9-12,14H,5-6H2/t9-,10-/m1/s1. The molecule has 0 unspecified atom stereocenters.